The first-order chi connectivity index (χ1) is 10.7. The Morgan fingerprint density at radius 2 is 2.00 bits per heavy atom. The summed E-state index contributed by atoms with van der Waals surface area (Å²) >= 11 is 6.32. The summed E-state index contributed by atoms with van der Waals surface area (Å²) in [4.78, 5) is 19.0. The average molecular weight is 389 g/mol. The van der Waals surface area contributed by atoms with Gasteiger partial charge < -0.3 is 10.2 Å². The highest BCUT2D eigenvalue weighted by Gasteiger charge is 2.30. The van der Waals surface area contributed by atoms with E-state index in [1.54, 1.807) is 6.20 Å². The molecule has 1 aliphatic heterocycles. The van der Waals surface area contributed by atoms with Gasteiger partial charge >= 0.3 is 0 Å². The first kappa shape index (κ1) is 20.7. The van der Waals surface area contributed by atoms with Crippen LogP contribution in [0.3, 0.4) is 0 Å². The summed E-state index contributed by atoms with van der Waals surface area (Å²) in [6.45, 7) is 4.03. The lowest BCUT2D eigenvalue weighted by Gasteiger charge is -2.37. The number of carbonyl (C=O) groups is 1. The Morgan fingerprint density at radius 3 is 2.71 bits per heavy atom. The maximum atomic E-state index is 12.9. The second-order valence-corrected chi connectivity index (χ2v) is 5.82. The summed E-state index contributed by atoms with van der Waals surface area (Å²) < 4.78 is 0. The van der Waals surface area contributed by atoms with Crippen molar-refractivity contribution in [2.24, 2.45) is 0 Å². The third-order valence-corrected chi connectivity index (χ3v) is 4.32. The summed E-state index contributed by atoms with van der Waals surface area (Å²) in [5.41, 5.74) is 2.38. The lowest BCUT2D eigenvalue weighted by molar-refractivity contribution is 0.0627. The molecule has 1 aromatic carbocycles. The third kappa shape index (κ3) is 4.19. The van der Waals surface area contributed by atoms with Crippen LogP contribution in [0, 0.1) is 6.92 Å². The Kier molecular flexibility index (Phi) is 7.97. The van der Waals surface area contributed by atoms with E-state index >= 15 is 0 Å². The highest BCUT2D eigenvalue weighted by atomic mass is 35.5. The molecule has 0 spiro atoms. The van der Waals surface area contributed by atoms with Crippen LogP contribution in [-0.4, -0.2) is 35.4 Å². The van der Waals surface area contributed by atoms with Gasteiger partial charge in [0, 0.05) is 30.9 Å². The van der Waals surface area contributed by atoms with Gasteiger partial charge in [-0.25, -0.2) is 0 Å². The molecule has 1 aliphatic rings. The molecular formula is C17H20Cl3N3O. The minimum Gasteiger partial charge on any atom is -0.328 e. The average Bonchev–Trinajstić information content (AvgIpc) is 2.55. The number of hydrogen-bond donors (Lipinski definition) is 1. The predicted octanol–water partition coefficient (Wildman–Crippen LogP) is 3.67. The standard InChI is InChI=1S/C17H18ClN3O.2ClH/c1-12-5-4-8-20-16(12)17(22)21-10-9-19-11-15(21)13-6-2-3-7-14(13)18;;/h2-8,15,19H,9-11H2,1H3;2*1H. The molecule has 1 unspecified atom stereocenters. The van der Waals surface area contributed by atoms with E-state index in [0.717, 1.165) is 17.7 Å². The zero-order valence-corrected chi connectivity index (χ0v) is 15.6. The number of nitrogens with one attached hydrogen (secondary N) is 1. The van der Waals surface area contributed by atoms with Crippen molar-refractivity contribution in [2.45, 2.75) is 13.0 Å². The van der Waals surface area contributed by atoms with Crippen molar-refractivity contribution in [3.05, 3.63) is 64.4 Å². The lowest BCUT2D eigenvalue weighted by Crippen LogP contribution is -2.49. The summed E-state index contributed by atoms with van der Waals surface area (Å²) in [5, 5.41) is 4.03. The van der Waals surface area contributed by atoms with Gasteiger partial charge in [0.1, 0.15) is 5.69 Å². The van der Waals surface area contributed by atoms with Crippen LogP contribution in [0.15, 0.2) is 42.6 Å². The lowest BCUT2D eigenvalue weighted by atomic mass is 10.0. The number of aromatic nitrogens is 1. The van der Waals surface area contributed by atoms with Crippen LogP contribution in [-0.2, 0) is 0 Å². The van der Waals surface area contributed by atoms with Crippen molar-refractivity contribution >= 4 is 42.3 Å². The molecule has 1 fully saturated rings. The van der Waals surface area contributed by atoms with Crippen molar-refractivity contribution < 1.29 is 4.79 Å². The molecule has 2 heterocycles. The molecule has 7 heteroatoms. The van der Waals surface area contributed by atoms with Crippen LogP contribution < -0.4 is 5.32 Å². The summed E-state index contributed by atoms with van der Waals surface area (Å²) in [7, 11) is 0. The van der Waals surface area contributed by atoms with Gasteiger partial charge in [-0.2, -0.15) is 0 Å². The molecule has 3 rings (SSSR count). The number of aryl methyl sites for hydroxylation is 1. The van der Waals surface area contributed by atoms with Crippen LogP contribution in [0.2, 0.25) is 5.02 Å². The molecule has 1 N–H and O–H groups in total. The Morgan fingerprint density at radius 1 is 1.25 bits per heavy atom. The second-order valence-electron chi connectivity index (χ2n) is 5.41. The molecule has 1 amide bonds. The highest BCUT2D eigenvalue weighted by molar-refractivity contribution is 6.31. The molecule has 130 valence electrons. The predicted molar refractivity (Wildman–Crippen MR) is 102 cm³/mol. The van der Waals surface area contributed by atoms with E-state index in [1.807, 2.05) is 48.2 Å². The number of amides is 1. The van der Waals surface area contributed by atoms with Crippen molar-refractivity contribution in [2.75, 3.05) is 19.6 Å². The van der Waals surface area contributed by atoms with Gasteiger partial charge in [-0.05, 0) is 30.2 Å². The molecule has 2 aromatic rings. The van der Waals surface area contributed by atoms with E-state index in [2.05, 4.69) is 10.3 Å². The molecule has 0 saturated carbocycles. The fourth-order valence-electron chi connectivity index (χ4n) is 2.82. The zero-order valence-electron chi connectivity index (χ0n) is 13.2. The van der Waals surface area contributed by atoms with E-state index in [-0.39, 0.29) is 36.8 Å². The van der Waals surface area contributed by atoms with Crippen molar-refractivity contribution in [1.82, 2.24) is 15.2 Å². The zero-order chi connectivity index (χ0) is 15.5. The molecular weight excluding hydrogens is 369 g/mol. The summed E-state index contributed by atoms with van der Waals surface area (Å²) in [5.74, 6) is -0.0375. The number of halogens is 3. The molecule has 1 saturated heterocycles. The van der Waals surface area contributed by atoms with Crippen LogP contribution in [0.25, 0.3) is 0 Å². The topological polar surface area (TPSA) is 45.2 Å². The quantitative estimate of drug-likeness (QED) is 0.853. The van der Waals surface area contributed by atoms with Gasteiger partial charge in [-0.15, -0.1) is 24.8 Å². The van der Waals surface area contributed by atoms with Gasteiger partial charge in [0.25, 0.3) is 5.91 Å². The van der Waals surface area contributed by atoms with Crippen molar-refractivity contribution in [3.8, 4) is 0 Å². The minimum atomic E-state index is -0.0728. The second kappa shape index (κ2) is 9.23. The molecule has 1 aromatic heterocycles. The van der Waals surface area contributed by atoms with Crippen molar-refractivity contribution in [3.63, 3.8) is 0 Å². The van der Waals surface area contributed by atoms with Gasteiger partial charge in [0.05, 0.1) is 6.04 Å². The number of hydrogen-bond acceptors (Lipinski definition) is 3. The number of piperazine rings is 1. The molecule has 4 nitrogen and oxygen atoms in total. The maximum Gasteiger partial charge on any atom is 0.273 e. The first-order valence-corrected chi connectivity index (χ1v) is 7.74. The maximum absolute atomic E-state index is 12.9. The van der Waals surface area contributed by atoms with Crippen LogP contribution in [0.1, 0.15) is 27.7 Å². The Bertz CT molecular complexity index is 696. The van der Waals surface area contributed by atoms with E-state index in [0.29, 0.717) is 23.8 Å². The molecule has 1 atom stereocenters. The molecule has 24 heavy (non-hydrogen) atoms. The van der Waals surface area contributed by atoms with E-state index in [9.17, 15) is 4.79 Å². The van der Waals surface area contributed by atoms with E-state index in [4.69, 9.17) is 11.6 Å². The first-order valence-electron chi connectivity index (χ1n) is 7.36. The smallest absolute Gasteiger partial charge is 0.273 e. The molecule has 0 radical (unpaired) electrons. The van der Waals surface area contributed by atoms with E-state index < -0.39 is 0 Å². The third-order valence-electron chi connectivity index (χ3n) is 3.98. The van der Waals surface area contributed by atoms with Gasteiger partial charge in [0.15, 0.2) is 0 Å². The van der Waals surface area contributed by atoms with Crippen LogP contribution >= 0.6 is 36.4 Å². The van der Waals surface area contributed by atoms with Crippen LogP contribution in [0.5, 0.6) is 0 Å². The highest BCUT2D eigenvalue weighted by Crippen LogP contribution is 2.29. The molecule has 0 bridgehead atoms. The summed E-state index contributed by atoms with van der Waals surface area (Å²) in [6, 6.07) is 11.4. The normalized spacial score (nSPS) is 16.8. The van der Waals surface area contributed by atoms with Gasteiger partial charge in [-0.1, -0.05) is 35.9 Å². The number of rotatable bonds is 2. The Labute approximate surface area is 159 Å². The van der Waals surface area contributed by atoms with Crippen LogP contribution in [0.4, 0.5) is 0 Å². The van der Waals surface area contributed by atoms with Gasteiger partial charge in [-0.3, -0.25) is 9.78 Å². The fourth-order valence-corrected chi connectivity index (χ4v) is 3.08. The number of benzene rings is 1. The summed E-state index contributed by atoms with van der Waals surface area (Å²) in [6.07, 6.45) is 1.66. The van der Waals surface area contributed by atoms with E-state index in [1.165, 1.54) is 0 Å². The minimum absolute atomic E-state index is 0. The monoisotopic (exact) mass is 387 g/mol. The fraction of sp³-hybridized carbons (Fsp3) is 0.294. The van der Waals surface area contributed by atoms with Crippen molar-refractivity contribution in [1.29, 1.82) is 0 Å². The number of carbonyl (C=O) groups excluding carboxylic acids is 1. The Balaban J connectivity index is 0.00000144. The SMILES string of the molecule is Cc1cccnc1C(=O)N1CCNCC1c1ccccc1Cl.Cl.Cl. The largest absolute Gasteiger partial charge is 0.328 e. The Hall–Kier alpha value is -1.33. The molecule has 0 aliphatic carbocycles. The van der Waals surface area contributed by atoms with Gasteiger partial charge in [0.2, 0.25) is 0 Å². The number of pyridine rings is 1. The number of nitrogens with zero attached hydrogens (tertiary/aromatic N) is 2.